The van der Waals surface area contributed by atoms with Gasteiger partial charge in [0.1, 0.15) is 11.6 Å². The number of ether oxygens (including phenoxy) is 1. The molecule has 0 unspecified atom stereocenters. The zero-order valence-corrected chi connectivity index (χ0v) is 13.5. The molecule has 0 bridgehead atoms. The van der Waals surface area contributed by atoms with Crippen molar-refractivity contribution in [3.63, 3.8) is 0 Å². The summed E-state index contributed by atoms with van der Waals surface area (Å²) < 4.78 is 19.2. The van der Waals surface area contributed by atoms with Crippen molar-refractivity contribution < 1.29 is 13.9 Å². The minimum atomic E-state index is -0.348. The predicted molar refractivity (Wildman–Crippen MR) is 84.6 cm³/mol. The van der Waals surface area contributed by atoms with Crippen molar-refractivity contribution >= 4 is 33.3 Å². The van der Waals surface area contributed by atoms with Crippen molar-refractivity contribution in [1.29, 1.82) is 0 Å². The summed E-state index contributed by atoms with van der Waals surface area (Å²) in [5.41, 5.74) is 0.511. The van der Waals surface area contributed by atoms with E-state index < -0.39 is 0 Å². The molecule has 21 heavy (non-hydrogen) atoms. The van der Waals surface area contributed by atoms with Crippen molar-refractivity contribution in [2.24, 2.45) is 0 Å². The monoisotopic (exact) mass is 370 g/mol. The number of halogens is 3. The molecule has 2 aromatic rings. The molecule has 2 nitrogen and oxygen atoms in total. The summed E-state index contributed by atoms with van der Waals surface area (Å²) in [5.74, 6) is 0.207. The third-order valence-electron chi connectivity index (χ3n) is 2.87. The average molecular weight is 372 g/mol. The van der Waals surface area contributed by atoms with Gasteiger partial charge >= 0.3 is 0 Å². The first-order valence-electron chi connectivity index (χ1n) is 6.43. The summed E-state index contributed by atoms with van der Waals surface area (Å²) in [6.07, 6.45) is 0.913. The highest BCUT2D eigenvalue weighted by atomic mass is 79.9. The van der Waals surface area contributed by atoms with Crippen LogP contribution in [0.4, 0.5) is 4.39 Å². The molecule has 0 aliphatic carbocycles. The molecule has 0 aliphatic heterocycles. The minimum absolute atomic E-state index is 0.0288. The van der Waals surface area contributed by atoms with Crippen LogP contribution in [0.1, 0.15) is 23.2 Å². The van der Waals surface area contributed by atoms with Crippen LogP contribution >= 0.6 is 27.5 Å². The Kier molecular flexibility index (Phi) is 5.76. The van der Waals surface area contributed by atoms with Crippen LogP contribution in [0.25, 0.3) is 0 Å². The fourth-order valence-electron chi connectivity index (χ4n) is 1.78. The Labute approximate surface area is 136 Å². The van der Waals surface area contributed by atoms with Crippen LogP contribution < -0.4 is 4.74 Å². The second-order valence-corrected chi connectivity index (χ2v) is 5.78. The third-order valence-corrected chi connectivity index (χ3v) is 3.67. The van der Waals surface area contributed by atoms with Gasteiger partial charge in [0.25, 0.3) is 0 Å². The van der Waals surface area contributed by atoms with E-state index in [-0.39, 0.29) is 11.6 Å². The zero-order chi connectivity index (χ0) is 15.2. The lowest BCUT2D eigenvalue weighted by Gasteiger charge is -2.08. The highest BCUT2D eigenvalue weighted by Gasteiger charge is 2.07. The van der Waals surface area contributed by atoms with Crippen LogP contribution in [0.5, 0.6) is 5.75 Å². The van der Waals surface area contributed by atoms with Crippen molar-refractivity contribution in [2.75, 3.05) is 6.61 Å². The summed E-state index contributed by atoms with van der Waals surface area (Å²) in [5, 5.41) is 0.531. The summed E-state index contributed by atoms with van der Waals surface area (Å²) in [6.45, 7) is 0.392. The molecule has 0 amide bonds. The van der Waals surface area contributed by atoms with E-state index in [1.807, 2.05) is 6.07 Å². The van der Waals surface area contributed by atoms with Gasteiger partial charge in [-0.2, -0.15) is 0 Å². The number of hydrogen-bond acceptors (Lipinski definition) is 2. The fourth-order valence-corrected chi connectivity index (χ4v) is 2.29. The van der Waals surface area contributed by atoms with Gasteiger partial charge in [0.2, 0.25) is 0 Å². The van der Waals surface area contributed by atoms with Crippen molar-refractivity contribution in [3.05, 3.63) is 63.3 Å². The van der Waals surface area contributed by atoms with E-state index in [1.165, 1.54) is 24.3 Å². The lowest BCUT2D eigenvalue weighted by Crippen LogP contribution is -2.04. The van der Waals surface area contributed by atoms with Gasteiger partial charge in [-0.3, -0.25) is 4.79 Å². The van der Waals surface area contributed by atoms with Crippen LogP contribution in [0.2, 0.25) is 5.02 Å². The van der Waals surface area contributed by atoms with Crippen LogP contribution in [-0.4, -0.2) is 12.4 Å². The average Bonchev–Trinajstić information content (AvgIpc) is 2.47. The van der Waals surface area contributed by atoms with Gasteiger partial charge in [-0.25, -0.2) is 4.39 Å². The van der Waals surface area contributed by atoms with Crippen LogP contribution in [0, 0.1) is 5.82 Å². The molecule has 0 radical (unpaired) electrons. The smallest absolute Gasteiger partial charge is 0.163 e. The molecule has 110 valence electrons. The van der Waals surface area contributed by atoms with E-state index in [9.17, 15) is 9.18 Å². The molecule has 2 rings (SSSR count). The van der Waals surface area contributed by atoms with Crippen molar-refractivity contribution in [2.45, 2.75) is 12.8 Å². The van der Waals surface area contributed by atoms with Gasteiger partial charge in [-0.1, -0.05) is 27.5 Å². The molecule has 0 aliphatic rings. The molecule has 0 aromatic heterocycles. The molecular weight excluding hydrogens is 359 g/mol. The zero-order valence-electron chi connectivity index (χ0n) is 11.1. The quantitative estimate of drug-likeness (QED) is 0.510. The lowest BCUT2D eigenvalue weighted by atomic mass is 10.1. The van der Waals surface area contributed by atoms with E-state index in [2.05, 4.69) is 15.9 Å². The molecule has 0 atom stereocenters. The Morgan fingerprint density at radius 3 is 2.62 bits per heavy atom. The van der Waals surface area contributed by atoms with Gasteiger partial charge in [-0.15, -0.1) is 0 Å². The first-order valence-corrected chi connectivity index (χ1v) is 7.60. The van der Waals surface area contributed by atoms with E-state index in [0.29, 0.717) is 35.8 Å². The highest BCUT2D eigenvalue weighted by Crippen LogP contribution is 2.28. The summed E-state index contributed by atoms with van der Waals surface area (Å²) in [6, 6.07) is 10.9. The van der Waals surface area contributed by atoms with Gasteiger partial charge in [0.05, 0.1) is 11.6 Å². The summed E-state index contributed by atoms with van der Waals surface area (Å²) >= 11 is 9.34. The molecule has 2 aromatic carbocycles. The van der Waals surface area contributed by atoms with E-state index in [4.69, 9.17) is 16.3 Å². The first kappa shape index (κ1) is 16.0. The molecule has 0 saturated carbocycles. The minimum Gasteiger partial charge on any atom is -0.492 e. The number of Topliss-reactive ketones (excluding diaryl/α,β-unsaturated/α-hetero) is 1. The van der Waals surface area contributed by atoms with Crippen LogP contribution in [0.3, 0.4) is 0 Å². The number of carbonyl (C=O) groups excluding carboxylic acids is 1. The lowest BCUT2D eigenvalue weighted by molar-refractivity contribution is 0.0973. The second-order valence-electron chi connectivity index (χ2n) is 4.46. The molecule has 0 saturated heterocycles. The van der Waals surface area contributed by atoms with Crippen molar-refractivity contribution in [3.8, 4) is 5.75 Å². The Morgan fingerprint density at radius 1 is 1.19 bits per heavy atom. The maximum Gasteiger partial charge on any atom is 0.163 e. The van der Waals surface area contributed by atoms with Crippen LogP contribution in [-0.2, 0) is 0 Å². The summed E-state index contributed by atoms with van der Waals surface area (Å²) in [4.78, 5) is 11.9. The Balaban J connectivity index is 1.80. The number of hydrogen-bond donors (Lipinski definition) is 0. The van der Waals surface area contributed by atoms with E-state index in [0.717, 1.165) is 4.47 Å². The SMILES string of the molecule is O=C(CCCOc1cc(Br)ccc1Cl)c1ccc(F)cc1. The number of benzene rings is 2. The first-order chi connectivity index (χ1) is 10.1. The van der Waals surface area contributed by atoms with Gasteiger partial charge in [-0.05, 0) is 48.9 Å². The Bertz CT molecular complexity index is 629. The van der Waals surface area contributed by atoms with Crippen LogP contribution in [0.15, 0.2) is 46.9 Å². The third kappa shape index (κ3) is 4.83. The Hall–Kier alpha value is -1.39. The topological polar surface area (TPSA) is 26.3 Å². The summed E-state index contributed by atoms with van der Waals surface area (Å²) in [7, 11) is 0. The van der Waals surface area contributed by atoms with Gasteiger partial charge < -0.3 is 4.74 Å². The standard InChI is InChI=1S/C16H13BrClFO2/c17-12-5-8-14(18)16(10-12)21-9-1-2-15(20)11-3-6-13(19)7-4-11/h3-8,10H,1-2,9H2. The second kappa shape index (κ2) is 7.57. The molecular formula is C16H13BrClFO2. The largest absolute Gasteiger partial charge is 0.492 e. The maximum atomic E-state index is 12.8. The number of rotatable bonds is 6. The number of ketones is 1. The normalized spacial score (nSPS) is 10.4. The van der Waals surface area contributed by atoms with Crippen molar-refractivity contribution in [1.82, 2.24) is 0 Å². The molecule has 0 heterocycles. The molecule has 0 fully saturated rings. The van der Waals surface area contributed by atoms with Gasteiger partial charge in [0, 0.05) is 16.5 Å². The maximum absolute atomic E-state index is 12.8. The van der Waals surface area contributed by atoms with Gasteiger partial charge in [0.15, 0.2) is 5.78 Å². The molecule has 0 spiro atoms. The molecule has 5 heteroatoms. The van der Waals surface area contributed by atoms with E-state index in [1.54, 1.807) is 12.1 Å². The highest BCUT2D eigenvalue weighted by molar-refractivity contribution is 9.10. The Morgan fingerprint density at radius 2 is 1.90 bits per heavy atom. The molecule has 0 N–H and O–H groups in total. The van der Waals surface area contributed by atoms with E-state index >= 15 is 0 Å². The predicted octanol–water partition coefficient (Wildman–Crippen LogP) is 5.28. The fraction of sp³-hybridized carbons (Fsp3) is 0.188. The number of carbonyl (C=O) groups is 1.